The molecule has 5 heteroatoms. The van der Waals surface area contributed by atoms with E-state index < -0.39 is 6.04 Å². The summed E-state index contributed by atoms with van der Waals surface area (Å²) in [5, 5.41) is 12.7. The lowest BCUT2D eigenvalue weighted by Gasteiger charge is -2.17. The van der Waals surface area contributed by atoms with Crippen molar-refractivity contribution >= 4 is 21.6 Å². The summed E-state index contributed by atoms with van der Waals surface area (Å²) in [4.78, 5) is 0. The van der Waals surface area contributed by atoms with E-state index >= 15 is 0 Å². The van der Waals surface area contributed by atoms with Crippen LogP contribution < -0.4 is 14.8 Å². The lowest BCUT2D eigenvalue weighted by atomic mass is 10.1. The number of methoxy groups -OCH3 is 2. The summed E-state index contributed by atoms with van der Waals surface area (Å²) in [5.41, 5.74) is 1.61. The molecule has 0 heterocycles. The molecule has 0 aliphatic heterocycles. The third-order valence-electron chi connectivity index (χ3n) is 3.05. The van der Waals surface area contributed by atoms with Gasteiger partial charge in [-0.15, -0.1) is 0 Å². The summed E-state index contributed by atoms with van der Waals surface area (Å²) >= 11 is 3.46. The summed E-state index contributed by atoms with van der Waals surface area (Å²) in [5.74, 6) is 1.30. The zero-order chi connectivity index (χ0) is 15.2. The molecule has 0 saturated carbocycles. The maximum atomic E-state index is 9.46. The van der Waals surface area contributed by atoms with Crippen molar-refractivity contribution in [3.8, 4) is 17.6 Å². The molecule has 0 aliphatic carbocycles. The fourth-order valence-electron chi connectivity index (χ4n) is 1.97. The van der Waals surface area contributed by atoms with Crippen molar-refractivity contribution in [2.75, 3.05) is 19.5 Å². The molecule has 108 valence electrons. The first-order valence-electron chi connectivity index (χ1n) is 6.32. The lowest BCUT2D eigenvalue weighted by Crippen LogP contribution is -2.10. The third kappa shape index (κ3) is 3.47. The lowest BCUT2D eigenvalue weighted by molar-refractivity contribution is 0.390. The van der Waals surface area contributed by atoms with E-state index in [1.807, 2.05) is 36.4 Å². The van der Waals surface area contributed by atoms with Crippen LogP contribution in [0.15, 0.2) is 46.9 Å². The van der Waals surface area contributed by atoms with Gasteiger partial charge in [-0.3, -0.25) is 0 Å². The Morgan fingerprint density at radius 3 is 2.52 bits per heavy atom. The molecule has 0 bridgehead atoms. The molecule has 1 N–H and O–H groups in total. The van der Waals surface area contributed by atoms with Crippen molar-refractivity contribution in [3.63, 3.8) is 0 Å². The summed E-state index contributed by atoms with van der Waals surface area (Å²) in [6.45, 7) is 0. The predicted octanol–water partition coefficient (Wildman–Crippen LogP) is 4.14. The van der Waals surface area contributed by atoms with Crippen LogP contribution in [0.3, 0.4) is 0 Å². The maximum Gasteiger partial charge on any atom is 0.143 e. The van der Waals surface area contributed by atoms with Gasteiger partial charge in [0.1, 0.15) is 17.5 Å². The third-order valence-corrected chi connectivity index (χ3v) is 3.75. The van der Waals surface area contributed by atoms with Gasteiger partial charge in [-0.1, -0.05) is 12.1 Å². The fraction of sp³-hybridized carbons (Fsp3) is 0.188. The number of hydrogen-bond acceptors (Lipinski definition) is 4. The topological polar surface area (TPSA) is 54.3 Å². The first kappa shape index (κ1) is 15.2. The van der Waals surface area contributed by atoms with Crippen LogP contribution in [0, 0.1) is 11.3 Å². The summed E-state index contributed by atoms with van der Waals surface area (Å²) in [7, 11) is 3.17. The number of hydrogen-bond donors (Lipinski definition) is 1. The van der Waals surface area contributed by atoms with E-state index in [4.69, 9.17) is 9.47 Å². The summed E-state index contributed by atoms with van der Waals surface area (Å²) < 4.78 is 11.4. The molecule has 2 rings (SSSR count). The van der Waals surface area contributed by atoms with Crippen molar-refractivity contribution in [1.29, 1.82) is 5.26 Å². The highest BCUT2D eigenvalue weighted by Crippen LogP contribution is 2.32. The monoisotopic (exact) mass is 346 g/mol. The molecule has 0 fully saturated rings. The fourth-order valence-corrected chi connectivity index (χ4v) is 2.37. The number of benzene rings is 2. The number of ether oxygens (including phenoxy) is 2. The van der Waals surface area contributed by atoms with Crippen LogP contribution in [0.1, 0.15) is 11.6 Å². The van der Waals surface area contributed by atoms with Crippen LogP contribution in [0.2, 0.25) is 0 Å². The predicted molar refractivity (Wildman–Crippen MR) is 85.7 cm³/mol. The van der Waals surface area contributed by atoms with Crippen molar-refractivity contribution in [2.24, 2.45) is 0 Å². The Morgan fingerprint density at radius 2 is 1.90 bits per heavy atom. The Morgan fingerprint density at radius 1 is 1.14 bits per heavy atom. The number of nitrogens with zero attached hydrogens (tertiary/aromatic N) is 1. The zero-order valence-corrected chi connectivity index (χ0v) is 13.3. The minimum Gasteiger partial charge on any atom is -0.497 e. The highest BCUT2D eigenvalue weighted by atomic mass is 79.9. The van der Waals surface area contributed by atoms with Crippen molar-refractivity contribution in [2.45, 2.75) is 6.04 Å². The highest BCUT2D eigenvalue weighted by Gasteiger charge is 2.17. The highest BCUT2D eigenvalue weighted by molar-refractivity contribution is 9.10. The van der Waals surface area contributed by atoms with E-state index in [1.54, 1.807) is 20.3 Å². The molecule has 21 heavy (non-hydrogen) atoms. The Kier molecular flexibility index (Phi) is 5.07. The zero-order valence-electron chi connectivity index (χ0n) is 11.8. The van der Waals surface area contributed by atoms with Crippen LogP contribution in [0.25, 0.3) is 0 Å². The van der Waals surface area contributed by atoms with Gasteiger partial charge in [-0.25, -0.2) is 0 Å². The van der Waals surface area contributed by atoms with Crippen LogP contribution in [0.5, 0.6) is 11.5 Å². The van der Waals surface area contributed by atoms with Crippen molar-refractivity contribution < 1.29 is 9.47 Å². The van der Waals surface area contributed by atoms with E-state index in [2.05, 4.69) is 27.3 Å². The molecule has 0 amide bonds. The normalized spacial score (nSPS) is 11.3. The van der Waals surface area contributed by atoms with E-state index in [9.17, 15) is 5.26 Å². The number of nitriles is 1. The van der Waals surface area contributed by atoms with Crippen molar-refractivity contribution in [1.82, 2.24) is 0 Å². The van der Waals surface area contributed by atoms with Gasteiger partial charge in [-0.05, 0) is 40.2 Å². The van der Waals surface area contributed by atoms with E-state index in [0.29, 0.717) is 11.5 Å². The van der Waals surface area contributed by atoms with Gasteiger partial charge in [0, 0.05) is 21.8 Å². The number of rotatable bonds is 5. The Bertz CT molecular complexity index is 668. The van der Waals surface area contributed by atoms with Gasteiger partial charge >= 0.3 is 0 Å². The molecule has 0 radical (unpaired) electrons. The molecule has 0 spiro atoms. The second kappa shape index (κ2) is 7.00. The Balaban J connectivity index is 2.34. The first-order valence-corrected chi connectivity index (χ1v) is 7.11. The molecule has 0 aromatic heterocycles. The van der Waals surface area contributed by atoms with Gasteiger partial charge in [0.2, 0.25) is 0 Å². The van der Waals surface area contributed by atoms with Gasteiger partial charge in [-0.2, -0.15) is 5.26 Å². The van der Waals surface area contributed by atoms with E-state index in [1.165, 1.54) is 0 Å². The molecule has 1 unspecified atom stereocenters. The van der Waals surface area contributed by atoms with Crippen LogP contribution >= 0.6 is 15.9 Å². The smallest absolute Gasteiger partial charge is 0.143 e. The van der Waals surface area contributed by atoms with Gasteiger partial charge in [0.15, 0.2) is 0 Å². The number of para-hydroxylation sites is 1. The van der Waals surface area contributed by atoms with Crippen LogP contribution in [-0.4, -0.2) is 14.2 Å². The molecule has 2 aromatic rings. The van der Waals surface area contributed by atoms with Gasteiger partial charge < -0.3 is 14.8 Å². The SMILES string of the molecule is COc1ccc(C(C#N)Nc2ccccc2Br)c(OC)c1. The second-order valence-electron chi connectivity index (χ2n) is 4.29. The van der Waals surface area contributed by atoms with E-state index in [-0.39, 0.29) is 0 Å². The molecule has 1 atom stereocenters. The average Bonchev–Trinajstić information content (AvgIpc) is 2.53. The Hall–Kier alpha value is -2.19. The average molecular weight is 347 g/mol. The molecule has 0 aliphatic rings. The first-order chi connectivity index (χ1) is 10.2. The summed E-state index contributed by atoms with van der Waals surface area (Å²) in [6.07, 6.45) is 0. The standard InChI is InChI=1S/C16H15BrN2O2/c1-20-11-7-8-12(16(9-11)21-2)15(10-18)19-14-6-4-3-5-13(14)17/h3-9,15,19H,1-2H3. The second-order valence-corrected chi connectivity index (χ2v) is 5.15. The maximum absolute atomic E-state index is 9.46. The number of anilines is 1. The quantitative estimate of drug-likeness (QED) is 0.883. The molecular formula is C16H15BrN2O2. The largest absolute Gasteiger partial charge is 0.497 e. The van der Waals surface area contributed by atoms with Crippen molar-refractivity contribution in [3.05, 3.63) is 52.5 Å². The van der Waals surface area contributed by atoms with Gasteiger partial charge in [0.05, 0.1) is 20.3 Å². The molecular weight excluding hydrogens is 332 g/mol. The van der Waals surface area contributed by atoms with Crippen LogP contribution in [-0.2, 0) is 0 Å². The molecule has 2 aromatic carbocycles. The molecule has 4 nitrogen and oxygen atoms in total. The Labute approximate surface area is 132 Å². The van der Waals surface area contributed by atoms with E-state index in [0.717, 1.165) is 15.7 Å². The minimum atomic E-state index is -0.524. The molecule has 0 saturated heterocycles. The number of nitrogens with one attached hydrogen (secondary N) is 1. The van der Waals surface area contributed by atoms with Crippen LogP contribution in [0.4, 0.5) is 5.69 Å². The number of halogens is 1. The van der Waals surface area contributed by atoms with Gasteiger partial charge in [0.25, 0.3) is 0 Å². The minimum absolute atomic E-state index is 0.524. The summed E-state index contributed by atoms with van der Waals surface area (Å²) in [6, 6.07) is 14.8.